The second-order valence-electron chi connectivity index (χ2n) is 9.22. The number of methoxy groups -OCH3 is 1. The Morgan fingerprint density at radius 2 is 1.94 bits per heavy atom. The Bertz CT molecular complexity index is 995. The van der Waals surface area contributed by atoms with Gasteiger partial charge in [-0.3, -0.25) is 9.80 Å². The van der Waals surface area contributed by atoms with Crippen molar-refractivity contribution in [2.24, 2.45) is 0 Å². The Labute approximate surface area is 213 Å². The van der Waals surface area contributed by atoms with Crippen LogP contribution in [-0.2, 0) is 26.9 Å². The molecule has 0 bridgehead atoms. The van der Waals surface area contributed by atoms with Gasteiger partial charge in [-0.1, -0.05) is 18.6 Å². The van der Waals surface area contributed by atoms with Gasteiger partial charge in [-0.25, -0.2) is 9.78 Å². The molecule has 0 N–H and O–H groups in total. The summed E-state index contributed by atoms with van der Waals surface area (Å²) >= 11 is 0.520. The molecule has 1 aromatic heterocycles. The van der Waals surface area contributed by atoms with E-state index in [2.05, 4.69) is 9.88 Å². The molecule has 36 heavy (non-hydrogen) atoms. The number of carbonyl (C=O) groups is 1. The van der Waals surface area contributed by atoms with Gasteiger partial charge in [0.15, 0.2) is 5.01 Å². The summed E-state index contributed by atoms with van der Waals surface area (Å²) in [6.07, 6.45) is -1.84. The lowest BCUT2D eigenvalue weighted by Crippen LogP contribution is -2.44. The van der Waals surface area contributed by atoms with Crippen LogP contribution in [0.2, 0.25) is 0 Å². The smallest absolute Gasteiger partial charge is 0.443 e. The number of hydrogen-bond acceptors (Lipinski definition) is 8. The third-order valence-corrected chi connectivity index (χ3v) is 7.52. The SMILES string of the molecule is COC(=O)C1OC(c2csc(C(F)(F)F)n2)CN1C(C)Cc1ccc(OCCN2CCCCC2)cc1. The number of thiazole rings is 1. The van der Waals surface area contributed by atoms with Crippen molar-refractivity contribution < 1.29 is 32.2 Å². The molecule has 2 aromatic rings. The van der Waals surface area contributed by atoms with Gasteiger partial charge in [0.2, 0.25) is 6.23 Å². The lowest BCUT2D eigenvalue weighted by molar-refractivity contribution is -0.162. The van der Waals surface area contributed by atoms with Crippen molar-refractivity contribution in [3.05, 3.63) is 45.9 Å². The van der Waals surface area contributed by atoms with Gasteiger partial charge in [0, 0.05) is 24.5 Å². The van der Waals surface area contributed by atoms with Crippen LogP contribution >= 0.6 is 11.3 Å². The van der Waals surface area contributed by atoms with E-state index in [9.17, 15) is 18.0 Å². The monoisotopic (exact) mass is 527 g/mol. The number of esters is 1. The largest absolute Gasteiger partial charge is 0.492 e. The molecule has 11 heteroatoms. The van der Waals surface area contributed by atoms with Crippen molar-refractivity contribution in [2.75, 3.05) is 39.9 Å². The van der Waals surface area contributed by atoms with Gasteiger partial charge >= 0.3 is 12.1 Å². The molecule has 0 aliphatic carbocycles. The van der Waals surface area contributed by atoms with Crippen LogP contribution in [0.4, 0.5) is 13.2 Å². The van der Waals surface area contributed by atoms with Crippen molar-refractivity contribution in [2.45, 2.75) is 57.2 Å². The first-order chi connectivity index (χ1) is 17.2. The van der Waals surface area contributed by atoms with Crippen molar-refractivity contribution in [3.8, 4) is 5.75 Å². The second kappa shape index (κ2) is 11.9. The van der Waals surface area contributed by atoms with E-state index in [4.69, 9.17) is 14.2 Å². The molecule has 0 spiro atoms. The number of ether oxygens (including phenoxy) is 3. The van der Waals surface area contributed by atoms with Gasteiger partial charge in [0.05, 0.1) is 12.8 Å². The van der Waals surface area contributed by atoms with Crippen molar-refractivity contribution in [1.82, 2.24) is 14.8 Å². The Morgan fingerprint density at radius 3 is 2.58 bits per heavy atom. The summed E-state index contributed by atoms with van der Waals surface area (Å²) in [6.45, 7) is 6.04. The quantitative estimate of drug-likeness (QED) is 0.444. The van der Waals surface area contributed by atoms with Crippen LogP contribution in [0.3, 0.4) is 0 Å². The molecule has 0 radical (unpaired) electrons. The summed E-state index contributed by atoms with van der Waals surface area (Å²) in [4.78, 5) is 20.3. The first kappa shape index (κ1) is 26.8. The fourth-order valence-corrected chi connectivity index (χ4v) is 5.38. The van der Waals surface area contributed by atoms with Crippen molar-refractivity contribution in [3.63, 3.8) is 0 Å². The van der Waals surface area contributed by atoms with Crippen LogP contribution < -0.4 is 4.74 Å². The van der Waals surface area contributed by atoms with Gasteiger partial charge < -0.3 is 14.2 Å². The highest BCUT2D eigenvalue weighted by Crippen LogP contribution is 2.37. The summed E-state index contributed by atoms with van der Waals surface area (Å²) in [5.74, 6) is 0.220. The molecule has 2 aliphatic rings. The molecule has 3 unspecified atom stereocenters. The predicted octanol–water partition coefficient (Wildman–Crippen LogP) is 4.53. The molecule has 3 heterocycles. The van der Waals surface area contributed by atoms with Gasteiger partial charge in [0.1, 0.15) is 18.5 Å². The van der Waals surface area contributed by atoms with Crippen molar-refractivity contribution >= 4 is 17.3 Å². The van der Waals surface area contributed by atoms with E-state index in [1.165, 1.54) is 31.8 Å². The highest BCUT2D eigenvalue weighted by Gasteiger charge is 2.43. The maximum absolute atomic E-state index is 13.0. The zero-order valence-corrected chi connectivity index (χ0v) is 21.3. The minimum Gasteiger partial charge on any atom is -0.492 e. The molecule has 2 aliphatic heterocycles. The van der Waals surface area contributed by atoms with Crippen molar-refractivity contribution in [1.29, 1.82) is 0 Å². The van der Waals surface area contributed by atoms with Gasteiger partial charge in [-0.15, -0.1) is 11.3 Å². The summed E-state index contributed by atoms with van der Waals surface area (Å²) in [5, 5.41) is 0.403. The first-order valence-corrected chi connectivity index (χ1v) is 13.1. The maximum Gasteiger partial charge on any atom is 0.443 e. The molecule has 2 fully saturated rings. The number of alkyl halides is 3. The number of halogens is 3. The summed E-state index contributed by atoms with van der Waals surface area (Å²) < 4.78 is 55.6. The molecule has 198 valence electrons. The average molecular weight is 528 g/mol. The number of rotatable bonds is 9. The third kappa shape index (κ3) is 6.76. The fraction of sp³-hybridized carbons (Fsp3) is 0.600. The van der Waals surface area contributed by atoms with Crippen LogP contribution in [0.25, 0.3) is 0 Å². The van der Waals surface area contributed by atoms with Gasteiger partial charge in [-0.05, 0) is 57.0 Å². The molecule has 0 saturated carbocycles. The average Bonchev–Trinajstić information content (AvgIpc) is 3.53. The van der Waals surface area contributed by atoms with Crippen LogP contribution in [0, 0.1) is 0 Å². The number of hydrogen-bond donors (Lipinski definition) is 0. The lowest BCUT2D eigenvalue weighted by atomic mass is 10.1. The number of piperidine rings is 1. The maximum atomic E-state index is 13.0. The Morgan fingerprint density at radius 1 is 1.22 bits per heavy atom. The zero-order chi connectivity index (χ0) is 25.7. The lowest BCUT2D eigenvalue weighted by Gasteiger charge is -2.27. The van der Waals surface area contributed by atoms with E-state index in [1.54, 1.807) is 0 Å². The van der Waals surface area contributed by atoms with E-state index >= 15 is 0 Å². The number of carbonyl (C=O) groups excluding carboxylic acids is 1. The Hall–Kier alpha value is -2.21. The number of likely N-dealkylation sites (tertiary alicyclic amines) is 1. The summed E-state index contributed by atoms with van der Waals surface area (Å²) in [6, 6.07) is 7.72. The molecule has 0 amide bonds. The van der Waals surface area contributed by atoms with Crippen LogP contribution in [0.5, 0.6) is 5.75 Å². The van der Waals surface area contributed by atoms with E-state index in [0.717, 1.165) is 30.9 Å². The van der Waals surface area contributed by atoms with Crippen LogP contribution in [0.15, 0.2) is 29.6 Å². The standard InChI is InChI=1S/C25H32F3N3O4S/c1-17(14-18-6-8-19(9-7-18)34-13-12-30-10-4-3-5-11-30)31-15-21(35-22(31)23(32)33-2)20-16-36-24(29-20)25(26,27)28/h6-9,16-17,21-22H,3-5,10-15H2,1-2H3. The third-order valence-electron chi connectivity index (χ3n) is 6.61. The summed E-state index contributed by atoms with van der Waals surface area (Å²) in [5.41, 5.74) is 1.22. The van der Waals surface area contributed by atoms with Gasteiger partial charge in [-0.2, -0.15) is 13.2 Å². The minimum atomic E-state index is -4.51. The molecular weight excluding hydrogens is 495 g/mol. The molecule has 1 aromatic carbocycles. The number of benzene rings is 1. The van der Waals surface area contributed by atoms with Crippen LogP contribution in [0.1, 0.15) is 48.6 Å². The van der Waals surface area contributed by atoms with E-state index in [0.29, 0.717) is 24.4 Å². The highest BCUT2D eigenvalue weighted by atomic mass is 32.1. The highest BCUT2D eigenvalue weighted by molar-refractivity contribution is 7.09. The first-order valence-electron chi connectivity index (χ1n) is 12.2. The van der Waals surface area contributed by atoms with Crippen LogP contribution in [-0.4, -0.2) is 72.9 Å². The number of nitrogens with zero attached hydrogens (tertiary/aromatic N) is 3. The predicted molar refractivity (Wildman–Crippen MR) is 129 cm³/mol. The number of aromatic nitrogens is 1. The topological polar surface area (TPSA) is 64.1 Å². The molecule has 3 atom stereocenters. The molecule has 7 nitrogen and oxygen atoms in total. The van der Waals surface area contributed by atoms with Gasteiger partial charge in [0.25, 0.3) is 0 Å². The molecular formula is C25H32F3N3O4S. The molecule has 4 rings (SSSR count). The zero-order valence-electron chi connectivity index (χ0n) is 20.5. The summed E-state index contributed by atoms with van der Waals surface area (Å²) in [7, 11) is 1.26. The van der Waals surface area contributed by atoms with E-state index < -0.39 is 29.5 Å². The minimum absolute atomic E-state index is 0.134. The normalized spacial score (nSPS) is 22.5. The van der Waals surface area contributed by atoms with E-state index in [-0.39, 0.29) is 18.3 Å². The second-order valence-corrected chi connectivity index (χ2v) is 10.1. The fourth-order valence-electron chi connectivity index (χ4n) is 4.65. The van der Waals surface area contributed by atoms with E-state index in [1.807, 2.05) is 36.1 Å². The Kier molecular flexibility index (Phi) is 8.87. The Balaban J connectivity index is 1.34. The molecule has 2 saturated heterocycles.